The molecule has 0 radical (unpaired) electrons. The van der Waals surface area contributed by atoms with E-state index in [0.717, 1.165) is 0 Å². The molecule has 0 atom stereocenters. The molecule has 0 bridgehead atoms. The molecule has 2 N–H and O–H groups in total. The van der Waals surface area contributed by atoms with E-state index in [1.807, 2.05) is 0 Å². The first-order valence-electron chi connectivity index (χ1n) is 4.82. The van der Waals surface area contributed by atoms with Crippen LogP contribution in [0, 0.1) is 5.82 Å². The molecule has 0 heterocycles. The van der Waals surface area contributed by atoms with Crippen LogP contribution in [0.2, 0.25) is 0 Å². The van der Waals surface area contributed by atoms with Crippen molar-refractivity contribution in [1.29, 1.82) is 0 Å². The predicted molar refractivity (Wildman–Crippen MR) is 58.8 cm³/mol. The van der Waals surface area contributed by atoms with Gasteiger partial charge in [0.2, 0.25) is 0 Å². The highest BCUT2D eigenvalue weighted by Gasteiger charge is 2.59. The Hall–Kier alpha value is -1.58. The predicted octanol–water partition coefficient (Wildman–Crippen LogP) is 3.33. The Morgan fingerprint density at radius 2 is 1.60 bits per heavy atom. The van der Waals surface area contributed by atoms with Crippen LogP contribution in [0.1, 0.15) is 5.56 Å². The van der Waals surface area contributed by atoms with Crippen molar-refractivity contribution in [2.24, 2.45) is 5.73 Å². The fourth-order valence-electron chi connectivity index (χ4n) is 1.24. The molecule has 0 saturated heterocycles. The number of benzene rings is 1. The molecule has 0 saturated carbocycles. The zero-order valence-electron chi connectivity index (χ0n) is 9.35. The topological polar surface area (TPSA) is 35.2 Å². The molecule has 1 rings (SSSR count). The van der Waals surface area contributed by atoms with Crippen LogP contribution in [0.4, 0.5) is 30.7 Å². The fourth-order valence-corrected chi connectivity index (χ4v) is 1.40. The minimum absolute atomic E-state index is 0.557. The van der Waals surface area contributed by atoms with Gasteiger partial charge in [-0.3, -0.25) is 0 Å². The van der Waals surface area contributed by atoms with Crippen LogP contribution in [-0.4, -0.2) is 23.4 Å². The van der Waals surface area contributed by atoms with Crippen molar-refractivity contribution in [2.45, 2.75) is 18.5 Å². The molecule has 0 aliphatic rings. The highest BCUT2D eigenvalue weighted by atomic mass is 32.1. The second kappa shape index (κ2) is 5.43. The monoisotopic (exact) mass is 321 g/mol. The van der Waals surface area contributed by atoms with Gasteiger partial charge in [-0.25, -0.2) is 4.39 Å². The lowest BCUT2D eigenvalue weighted by molar-refractivity contribution is -0.299. The van der Waals surface area contributed by atoms with E-state index in [9.17, 15) is 30.7 Å². The van der Waals surface area contributed by atoms with Gasteiger partial charge < -0.3 is 10.5 Å². The average molecular weight is 321 g/mol. The maximum absolute atomic E-state index is 12.9. The third kappa shape index (κ3) is 3.95. The smallest absolute Gasteiger partial charge is 0.434 e. The Labute approximate surface area is 113 Å². The van der Waals surface area contributed by atoms with Gasteiger partial charge in [0.1, 0.15) is 16.6 Å². The molecule has 0 unspecified atom stereocenters. The third-order valence-corrected chi connectivity index (χ3v) is 2.27. The Morgan fingerprint density at radius 3 is 2.00 bits per heavy atom. The molecule has 1 aromatic carbocycles. The summed E-state index contributed by atoms with van der Waals surface area (Å²) in [5, 5.41) is 0. The standard InChI is InChI=1S/C10H6F7NOS/c11-4-1-2-6(5(3-4)7(18)20)19-8(9(12,13)14)10(15,16)17/h1-3,8H,(H2,18,20). The molecular formula is C10H6F7NOS. The van der Waals surface area contributed by atoms with Gasteiger partial charge in [-0.15, -0.1) is 0 Å². The van der Waals surface area contributed by atoms with Crippen LogP contribution in [0.25, 0.3) is 0 Å². The molecule has 0 aromatic heterocycles. The zero-order valence-corrected chi connectivity index (χ0v) is 10.2. The fraction of sp³-hybridized carbons (Fsp3) is 0.300. The zero-order chi connectivity index (χ0) is 15.7. The number of hydrogen-bond donors (Lipinski definition) is 1. The number of halogens is 7. The van der Waals surface area contributed by atoms with Crippen LogP contribution in [0.5, 0.6) is 5.75 Å². The van der Waals surface area contributed by atoms with Crippen LogP contribution < -0.4 is 10.5 Å². The molecule has 0 amide bonds. The Balaban J connectivity index is 3.22. The SMILES string of the molecule is NC(=S)c1cc(F)ccc1OC(C(F)(F)F)C(F)(F)F. The first-order valence-corrected chi connectivity index (χ1v) is 5.23. The first kappa shape index (κ1) is 16.5. The largest absolute Gasteiger partial charge is 0.471 e. The Bertz CT molecular complexity index is 497. The first-order chi connectivity index (χ1) is 8.93. The minimum atomic E-state index is -5.69. The highest BCUT2D eigenvalue weighted by molar-refractivity contribution is 7.80. The van der Waals surface area contributed by atoms with E-state index in [-0.39, 0.29) is 0 Å². The summed E-state index contributed by atoms with van der Waals surface area (Å²) in [6.45, 7) is 0. The van der Waals surface area contributed by atoms with E-state index in [4.69, 9.17) is 5.73 Å². The third-order valence-electron chi connectivity index (χ3n) is 2.05. The summed E-state index contributed by atoms with van der Waals surface area (Å²) >= 11 is 4.42. The molecule has 10 heteroatoms. The second-order valence-corrected chi connectivity index (χ2v) is 4.03. The van der Waals surface area contributed by atoms with Crippen LogP contribution in [0.3, 0.4) is 0 Å². The highest BCUT2D eigenvalue weighted by Crippen LogP contribution is 2.37. The average Bonchev–Trinajstić information content (AvgIpc) is 2.23. The van der Waals surface area contributed by atoms with Gasteiger partial charge in [0.05, 0.1) is 5.56 Å². The molecule has 0 fully saturated rings. The van der Waals surface area contributed by atoms with Crippen molar-refractivity contribution < 1.29 is 35.5 Å². The van der Waals surface area contributed by atoms with E-state index < -0.39 is 40.6 Å². The Morgan fingerprint density at radius 1 is 1.10 bits per heavy atom. The van der Waals surface area contributed by atoms with Crippen LogP contribution in [0.15, 0.2) is 18.2 Å². The van der Waals surface area contributed by atoms with Crippen molar-refractivity contribution in [2.75, 3.05) is 0 Å². The van der Waals surface area contributed by atoms with E-state index >= 15 is 0 Å². The van der Waals surface area contributed by atoms with E-state index in [1.165, 1.54) is 0 Å². The minimum Gasteiger partial charge on any atom is -0.471 e. The van der Waals surface area contributed by atoms with Gasteiger partial charge in [0.25, 0.3) is 6.10 Å². The molecular weight excluding hydrogens is 315 g/mol. The van der Waals surface area contributed by atoms with E-state index in [2.05, 4.69) is 17.0 Å². The molecule has 20 heavy (non-hydrogen) atoms. The number of hydrogen-bond acceptors (Lipinski definition) is 2. The van der Waals surface area contributed by atoms with Crippen molar-refractivity contribution in [1.82, 2.24) is 0 Å². The lowest BCUT2D eigenvalue weighted by atomic mass is 10.2. The van der Waals surface area contributed by atoms with Gasteiger partial charge in [-0.1, -0.05) is 12.2 Å². The number of nitrogens with two attached hydrogens (primary N) is 1. The summed E-state index contributed by atoms with van der Waals surface area (Å²) in [6.07, 6.45) is -15.5. The maximum Gasteiger partial charge on any atom is 0.434 e. The van der Waals surface area contributed by atoms with Gasteiger partial charge in [0.15, 0.2) is 0 Å². The second-order valence-electron chi connectivity index (χ2n) is 3.59. The number of alkyl halides is 6. The quantitative estimate of drug-likeness (QED) is 0.685. The van der Waals surface area contributed by atoms with Gasteiger partial charge in [-0.2, -0.15) is 26.3 Å². The molecule has 0 spiro atoms. The number of rotatable bonds is 3. The van der Waals surface area contributed by atoms with E-state index in [1.54, 1.807) is 0 Å². The molecule has 0 aliphatic carbocycles. The normalized spacial score (nSPS) is 12.6. The van der Waals surface area contributed by atoms with E-state index in [0.29, 0.717) is 18.2 Å². The van der Waals surface area contributed by atoms with Crippen molar-refractivity contribution in [3.63, 3.8) is 0 Å². The molecule has 2 nitrogen and oxygen atoms in total. The van der Waals surface area contributed by atoms with Gasteiger partial charge in [0, 0.05) is 0 Å². The number of ether oxygens (including phenoxy) is 1. The summed E-state index contributed by atoms with van der Waals surface area (Å²) in [4.78, 5) is -0.595. The summed E-state index contributed by atoms with van der Waals surface area (Å²) in [5.74, 6) is -1.84. The van der Waals surface area contributed by atoms with Crippen LogP contribution in [-0.2, 0) is 0 Å². The van der Waals surface area contributed by atoms with Crippen LogP contribution >= 0.6 is 12.2 Å². The van der Waals surface area contributed by atoms with Gasteiger partial charge >= 0.3 is 12.4 Å². The summed E-state index contributed by atoms with van der Waals surface area (Å²) < 4.78 is 90.8. The van der Waals surface area contributed by atoms with Crippen molar-refractivity contribution >= 4 is 17.2 Å². The van der Waals surface area contributed by atoms with Gasteiger partial charge in [-0.05, 0) is 18.2 Å². The summed E-state index contributed by atoms with van der Waals surface area (Å²) in [6, 6.07) is 1.80. The summed E-state index contributed by atoms with van der Waals surface area (Å²) in [7, 11) is 0. The maximum atomic E-state index is 12.9. The lowest BCUT2D eigenvalue weighted by Gasteiger charge is -2.24. The molecule has 1 aromatic rings. The number of thiocarbonyl (C=S) groups is 1. The van der Waals surface area contributed by atoms with Crippen molar-refractivity contribution in [3.8, 4) is 5.75 Å². The summed E-state index contributed by atoms with van der Waals surface area (Å²) in [5.41, 5.74) is 4.54. The van der Waals surface area contributed by atoms with Crippen molar-refractivity contribution in [3.05, 3.63) is 29.6 Å². The molecule has 112 valence electrons. The molecule has 0 aliphatic heterocycles. The lowest BCUT2D eigenvalue weighted by Crippen LogP contribution is -2.46. The Kier molecular flexibility index (Phi) is 4.47.